The van der Waals surface area contributed by atoms with Crippen LogP contribution in [0, 0.1) is 0 Å². The molecule has 1 saturated carbocycles. The van der Waals surface area contributed by atoms with Gasteiger partial charge in [-0.15, -0.1) is 0 Å². The van der Waals surface area contributed by atoms with Crippen molar-refractivity contribution in [1.82, 2.24) is 9.78 Å². The second-order valence-electron chi connectivity index (χ2n) is 3.94. The van der Waals surface area contributed by atoms with Gasteiger partial charge in [-0.1, -0.05) is 19.3 Å². The molecule has 0 aromatic carbocycles. The van der Waals surface area contributed by atoms with Crippen molar-refractivity contribution in [1.29, 1.82) is 0 Å². The molecule has 1 aromatic rings. The summed E-state index contributed by atoms with van der Waals surface area (Å²) < 4.78 is 2.06. The fourth-order valence-electron chi connectivity index (χ4n) is 2.29. The summed E-state index contributed by atoms with van der Waals surface area (Å²) in [5, 5.41) is 4.32. The highest BCUT2D eigenvalue weighted by Crippen LogP contribution is 2.33. The van der Waals surface area contributed by atoms with Crippen LogP contribution in [-0.2, 0) is 5.54 Å². The van der Waals surface area contributed by atoms with Gasteiger partial charge in [0.05, 0.1) is 5.54 Å². The summed E-state index contributed by atoms with van der Waals surface area (Å²) in [5.74, 6) is 0. The lowest BCUT2D eigenvalue weighted by atomic mass is 9.82. The molecular weight excluding hydrogens is 162 g/mol. The Morgan fingerprint density at radius 1 is 1.31 bits per heavy atom. The normalized spacial score (nSPS) is 21.6. The lowest BCUT2D eigenvalue weighted by Crippen LogP contribution is -2.43. The van der Waals surface area contributed by atoms with Crippen LogP contribution in [0.2, 0.25) is 0 Å². The third-order valence-corrected chi connectivity index (χ3v) is 3.15. The van der Waals surface area contributed by atoms with Crippen molar-refractivity contribution in [3.63, 3.8) is 0 Å². The van der Waals surface area contributed by atoms with E-state index < -0.39 is 0 Å². The van der Waals surface area contributed by atoms with E-state index in [0.717, 1.165) is 0 Å². The van der Waals surface area contributed by atoms with Crippen LogP contribution in [0.15, 0.2) is 18.5 Å². The van der Waals surface area contributed by atoms with Gasteiger partial charge in [0.25, 0.3) is 0 Å². The largest absolute Gasteiger partial charge is 0.328 e. The van der Waals surface area contributed by atoms with E-state index in [1.165, 1.54) is 32.1 Å². The van der Waals surface area contributed by atoms with E-state index in [2.05, 4.69) is 9.78 Å². The third-order valence-electron chi connectivity index (χ3n) is 3.15. The van der Waals surface area contributed by atoms with Gasteiger partial charge < -0.3 is 5.73 Å². The standard InChI is InChI=1S/C10H17N3/c11-9-10(5-2-1-3-6-10)13-8-4-7-12-13/h4,7-8H,1-3,5-6,9,11H2. The van der Waals surface area contributed by atoms with Gasteiger partial charge in [0.1, 0.15) is 0 Å². The van der Waals surface area contributed by atoms with E-state index in [1.54, 1.807) is 0 Å². The van der Waals surface area contributed by atoms with Crippen molar-refractivity contribution in [2.75, 3.05) is 6.54 Å². The number of nitrogens with two attached hydrogens (primary N) is 1. The first-order chi connectivity index (χ1) is 6.37. The molecule has 3 nitrogen and oxygen atoms in total. The van der Waals surface area contributed by atoms with Gasteiger partial charge in [0.15, 0.2) is 0 Å². The Morgan fingerprint density at radius 3 is 2.62 bits per heavy atom. The second-order valence-corrected chi connectivity index (χ2v) is 3.94. The molecule has 13 heavy (non-hydrogen) atoms. The zero-order valence-electron chi connectivity index (χ0n) is 7.95. The van der Waals surface area contributed by atoms with Crippen LogP contribution >= 0.6 is 0 Å². The molecule has 72 valence electrons. The summed E-state index contributed by atoms with van der Waals surface area (Å²) in [7, 11) is 0. The highest BCUT2D eigenvalue weighted by Gasteiger charge is 2.32. The molecule has 0 radical (unpaired) electrons. The Hall–Kier alpha value is -0.830. The predicted molar refractivity (Wildman–Crippen MR) is 52.3 cm³/mol. The smallest absolute Gasteiger partial charge is 0.0749 e. The van der Waals surface area contributed by atoms with E-state index in [-0.39, 0.29) is 5.54 Å². The molecule has 1 heterocycles. The molecule has 0 bridgehead atoms. The van der Waals surface area contributed by atoms with Crippen molar-refractivity contribution in [2.45, 2.75) is 37.6 Å². The van der Waals surface area contributed by atoms with E-state index in [4.69, 9.17) is 5.73 Å². The van der Waals surface area contributed by atoms with E-state index in [9.17, 15) is 0 Å². The number of hydrogen-bond acceptors (Lipinski definition) is 2. The Kier molecular flexibility index (Phi) is 2.36. The van der Waals surface area contributed by atoms with Gasteiger partial charge in [-0.05, 0) is 18.9 Å². The monoisotopic (exact) mass is 179 g/mol. The lowest BCUT2D eigenvalue weighted by molar-refractivity contribution is 0.182. The molecule has 1 aromatic heterocycles. The first-order valence-corrected chi connectivity index (χ1v) is 5.08. The summed E-state index contributed by atoms with van der Waals surface area (Å²) >= 11 is 0. The molecule has 2 N–H and O–H groups in total. The first kappa shape index (κ1) is 8.75. The zero-order chi connectivity index (χ0) is 9.15. The van der Waals surface area contributed by atoms with Gasteiger partial charge in [0.2, 0.25) is 0 Å². The van der Waals surface area contributed by atoms with E-state index >= 15 is 0 Å². The SMILES string of the molecule is NCC1(n2cccn2)CCCCC1. The maximum atomic E-state index is 5.87. The van der Waals surface area contributed by atoms with Gasteiger partial charge in [0, 0.05) is 18.9 Å². The van der Waals surface area contributed by atoms with Crippen molar-refractivity contribution in [2.24, 2.45) is 5.73 Å². The van der Waals surface area contributed by atoms with E-state index in [1.807, 2.05) is 18.5 Å². The predicted octanol–water partition coefficient (Wildman–Crippen LogP) is 1.50. The summed E-state index contributed by atoms with van der Waals surface area (Å²) in [4.78, 5) is 0. The summed E-state index contributed by atoms with van der Waals surface area (Å²) in [6, 6.07) is 1.98. The average molecular weight is 179 g/mol. The molecule has 0 atom stereocenters. The average Bonchev–Trinajstić information content (AvgIpc) is 2.72. The highest BCUT2D eigenvalue weighted by atomic mass is 15.3. The molecular formula is C10H17N3. The van der Waals surface area contributed by atoms with Crippen LogP contribution in [0.4, 0.5) is 0 Å². The van der Waals surface area contributed by atoms with Gasteiger partial charge in [-0.2, -0.15) is 5.10 Å². The van der Waals surface area contributed by atoms with Crippen LogP contribution in [-0.4, -0.2) is 16.3 Å². The maximum Gasteiger partial charge on any atom is 0.0749 e. The van der Waals surface area contributed by atoms with Crippen LogP contribution < -0.4 is 5.73 Å². The number of hydrogen-bond donors (Lipinski definition) is 1. The highest BCUT2D eigenvalue weighted by molar-refractivity contribution is 4.93. The number of aromatic nitrogens is 2. The molecule has 1 aliphatic carbocycles. The molecule has 2 rings (SSSR count). The molecule has 0 saturated heterocycles. The maximum absolute atomic E-state index is 5.87. The lowest BCUT2D eigenvalue weighted by Gasteiger charge is -2.36. The van der Waals surface area contributed by atoms with Crippen molar-refractivity contribution < 1.29 is 0 Å². The van der Waals surface area contributed by atoms with Crippen LogP contribution in [0.5, 0.6) is 0 Å². The molecule has 1 fully saturated rings. The topological polar surface area (TPSA) is 43.8 Å². The van der Waals surface area contributed by atoms with Crippen molar-refractivity contribution in [3.8, 4) is 0 Å². The third kappa shape index (κ3) is 1.48. The Bertz CT molecular complexity index is 247. The molecule has 0 amide bonds. The van der Waals surface area contributed by atoms with Gasteiger partial charge in [-0.3, -0.25) is 4.68 Å². The quantitative estimate of drug-likeness (QED) is 0.747. The minimum absolute atomic E-state index is 0.127. The minimum atomic E-state index is 0.127. The van der Waals surface area contributed by atoms with E-state index in [0.29, 0.717) is 6.54 Å². The molecule has 3 heteroatoms. The molecule has 0 unspecified atom stereocenters. The zero-order valence-corrected chi connectivity index (χ0v) is 7.95. The number of rotatable bonds is 2. The molecule has 1 aliphatic rings. The van der Waals surface area contributed by atoms with Crippen molar-refractivity contribution in [3.05, 3.63) is 18.5 Å². The van der Waals surface area contributed by atoms with Gasteiger partial charge in [-0.25, -0.2) is 0 Å². The fraction of sp³-hybridized carbons (Fsp3) is 0.700. The Morgan fingerprint density at radius 2 is 2.08 bits per heavy atom. The van der Waals surface area contributed by atoms with Crippen molar-refractivity contribution >= 4 is 0 Å². The minimum Gasteiger partial charge on any atom is -0.328 e. The number of nitrogens with zero attached hydrogens (tertiary/aromatic N) is 2. The van der Waals surface area contributed by atoms with Crippen LogP contribution in [0.25, 0.3) is 0 Å². The van der Waals surface area contributed by atoms with Gasteiger partial charge >= 0.3 is 0 Å². The molecule has 0 aliphatic heterocycles. The Labute approximate surface area is 78.9 Å². The first-order valence-electron chi connectivity index (χ1n) is 5.08. The Balaban J connectivity index is 2.23. The summed E-state index contributed by atoms with van der Waals surface area (Å²) in [6.45, 7) is 0.717. The molecule has 0 spiro atoms. The summed E-state index contributed by atoms with van der Waals surface area (Å²) in [6.07, 6.45) is 10.2. The summed E-state index contributed by atoms with van der Waals surface area (Å²) in [5.41, 5.74) is 6.00. The fourth-order valence-corrected chi connectivity index (χ4v) is 2.29. The second kappa shape index (κ2) is 3.50. The van der Waals surface area contributed by atoms with Crippen LogP contribution in [0.1, 0.15) is 32.1 Å². The van der Waals surface area contributed by atoms with Crippen LogP contribution in [0.3, 0.4) is 0 Å².